The van der Waals surface area contributed by atoms with Crippen LogP contribution in [0, 0.1) is 5.92 Å². The molecule has 1 aromatic carbocycles. The van der Waals surface area contributed by atoms with Gasteiger partial charge in [-0.15, -0.1) is 0 Å². The third-order valence-corrected chi connectivity index (χ3v) is 2.95. The highest BCUT2D eigenvalue weighted by Gasteiger charge is 2.16. The van der Waals surface area contributed by atoms with Crippen LogP contribution in [0.3, 0.4) is 0 Å². The van der Waals surface area contributed by atoms with E-state index in [0.717, 1.165) is 29.8 Å². The Labute approximate surface area is 108 Å². The van der Waals surface area contributed by atoms with E-state index in [2.05, 4.69) is 19.2 Å². The lowest BCUT2D eigenvalue weighted by molar-refractivity contribution is -0.118. The Morgan fingerprint density at radius 3 is 2.94 bits per heavy atom. The highest BCUT2D eigenvalue weighted by molar-refractivity contribution is 5.95. The summed E-state index contributed by atoms with van der Waals surface area (Å²) >= 11 is 0. The van der Waals surface area contributed by atoms with Crippen molar-refractivity contribution in [1.82, 2.24) is 0 Å². The van der Waals surface area contributed by atoms with Crippen molar-refractivity contribution in [3.05, 3.63) is 23.8 Å². The normalized spacial score (nSPS) is 15.9. The van der Waals surface area contributed by atoms with Crippen LogP contribution in [0.2, 0.25) is 0 Å². The molecular weight excluding hydrogens is 228 g/mol. The lowest BCUT2D eigenvalue weighted by Crippen LogP contribution is -2.26. The second kappa shape index (κ2) is 5.40. The highest BCUT2D eigenvalue weighted by Crippen LogP contribution is 2.28. The molecular formula is C14H20N2O2. The number of nitrogens with two attached hydrogens (primary N) is 1. The molecule has 1 atom stereocenters. The minimum atomic E-state index is -0.105. The van der Waals surface area contributed by atoms with Crippen LogP contribution in [0.5, 0.6) is 5.75 Å². The van der Waals surface area contributed by atoms with Gasteiger partial charge >= 0.3 is 0 Å². The van der Waals surface area contributed by atoms with Gasteiger partial charge in [0, 0.05) is 6.04 Å². The molecule has 4 heteroatoms. The fourth-order valence-corrected chi connectivity index (χ4v) is 2.25. The largest absolute Gasteiger partial charge is 0.482 e. The fourth-order valence-electron chi connectivity index (χ4n) is 2.25. The summed E-state index contributed by atoms with van der Waals surface area (Å²) < 4.78 is 5.32. The number of hydrogen-bond acceptors (Lipinski definition) is 3. The predicted octanol–water partition coefficient (Wildman–Crippen LogP) is 1.93. The minimum absolute atomic E-state index is 0.0964. The number of rotatable bonds is 4. The lowest BCUT2D eigenvalue weighted by Gasteiger charge is -2.20. The zero-order chi connectivity index (χ0) is 13.1. The molecule has 1 aromatic rings. The van der Waals surface area contributed by atoms with E-state index in [1.807, 2.05) is 18.2 Å². The number of benzene rings is 1. The van der Waals surface area contributed by atoms with Crippen molar-refractivity contribution in [2.75, 3.05) is 11.9 Å². The summed E-state index contributed by atoms with van der Waals surface area (Å²) in [5.41, 5.74) is 7.97. The van der Waals surface area contributed by atoms with Gasteiger partial charge in [-0.05, 0) is 36.5 Å². The van der Waals surface area contributed by atoms with Crippen LogP contribution in [0.4, 0.5) is 5.69 Å². The van der Waals surface area contributed by atoms with Crippen molar-refractivity contribution in [2.45, 2.75) is 32.7 Å². The van der Waals surface area contributed by atoms with Crippen LogP contribution < -0.4 is 15.8 Å². The van der Waals surface area contributed by atoms with Crippen molar-refractivity contribution in [3.63, 3.8) is 0 Å². The number of nitrogens with one attached hydrogen (secondary N) is 1. The van der Waals surface area contributed by atoms with Gasteiger partial charge in [0.05, 0.1) is 5.69 Å². The molecule has 18 heavy (non-hydrogen) atoms. The van der Waals surface area contributed by atoms with Crippen molar-refractivity contribution >= 4 is 11.6 Å². The van der Waals surface area contributed by atoms with Crippen molar-refractivity contribution < 1.29 is 9.53 Å². The molecule has 98 valence electrons. The molecule has 0 radical (unpaired) electrons. The number of carbonyl (C=O) groups is 1. The molecule has 0 spiro atoms. The zero-order valence-corrected chi connectivity index (χ0v) is 10.9. The summed E-state index contributed by atoms with van der Waals surface area (Å²) in [6, 6.07) is 6.01. The molecule has 2 rings (SSSR count). The van der Waals surface area contributed by atoms with Crippen LogP contribution in [-0.4, -0.2) is 18.6 Å². The maximum atomic E-state index is 11.2. The summed E-state index contributed by atoms with van der Waals surface area (Å²) in [5, 5.41) is 2.81. The average molecular weight is 248 g/mol. The van der Waals surface area contributed by atoms with E-state index in [1.54, 1.807) is 0 Å². The molecule has 0 fully saturated rings. The Hall–Kier alpha value is -1.55. The molecule has 0 saturated heterocycles. The van der Waals surface area contributed by atoms with Crippen LogP contribution in [0.15, 0.2) is 18.2 Å². The average Bonchev–Trinajstić information content (AvgIpc) is 2.27. The quantitative estimate of drug-likeness (QED) is 0.855. The highest BCUT2D eigenvalue weighted by atomic mass is 16.5. The Balaban J connectivity index is 2.06. The monoisotopic (exact) mass is 248 g/mol. The first-order valence-electron chi connectivity index (χ1n) is 6.35. The number of carbonyl (C=O) groups excluding carboxylic acids is 1. The zero-order valence-electron chi connectivity index (χ0n) is 10.9. The van der Waals surface area contributed by atoms with Gasteiger partial charge in [-0.2, -0.15) is 0 Å². The van der Waals surface area contributed by atoms with Crippen LogP contribution in [0.25, 0.3) is 0 Å². The standard InChI is InChI=1S/C14H20N2O2/c1-9(2)5-11(15)6-10-3-4-13-12(7-10)16-14(17)8-18-13/h3-4,7,9,11H,5-6,8,15H2,1-2H3,(H,16,17). The van der Waals surface area contributed by atoms with Gasteiger partial charge in [-0.3, -0.25) is 4.79 Å². The number of amides is 1. The molecule has 0 bridgehead atoms. The molecule has 3 N–H and O–H groups in total. The van der Waals surface area contributed by atoms with E-state index in [1.165, 1.54) is 0 Å². The third-order valence-electron chi connectivity index (χ3n) is 2.95. The molecule has 1 unspecified atom stereocenters. The summed E-state index contributed by atoms with van der Waals surface area (Å²) in [6.45, 7) is 4.43. The molecule has 1 amide bonds. The molecule has 1 heterocycles. The first kappa shape index (κ1) is 12.9. The fraction of sp³-hybridized carbons (Fsp3) is 0.500. The van der Waals surface area contributed by atoms with Gasteiger partial charge in [0.1, 0.15) is 5.75 Å². The Morgan fingerprint density at radius 2 is 2.22 bits per heavy atom. The van der Waals surface area contributed by atoms with Gasteiger partial charge in [0.15, 0.2) is 6.61 Å². The summed E-state index contributed by atoms with van der Waals surface area (Å²) in [4.78, 5) is 11.2. The van der Waals surface area contributed by atoms with Crippen LogP contribution in [-0.2, 0) is 11.2 Å². The number of ether oxygens (including phenoxy) is 1. The molecule has 0 aliphatic carbocycles. The van der Waals surface area contributed by atoms with Crippen molar-refractivity contribution in [1.29, 1.82) is 0 Å². The van der Waals surface area contributed by atoms with Gasteiger partial charge in [-0.25, -0.2) is 0 Å². The maximum Gasteiger partial charge on any atom is 0.262 e. The van der Waals surface area contributed by atoms with E-state index in [9.17, 15) is 4.79 Å². The Bertz CT molecular complexity index is 443. The van der Waals surface area contributed by atoms with Crippen LogP contribution in [0.1, 0.15) is 25.8 Å². The van der Waals surface area contributed by atoms with Gasteiger partial charge in [0.2, 0.25) is 0 Å². The third kappa shape index (κ3) is 3.23. The second-order valence-electron chi connectivity index (χ2n) is 5.26. The first-order chi connectivity index (χ1) is 8.54. The van der Waals surface area contributed by atoms with Crippen LogP contribution >= 0.6 is 0 Å². The van der Waals surface area contributed by atoms with E-state index in [4.69, 9.17) is 10.5 Å². The van der Waals surface area contributed by atoms with Gasteiger partial charge in [0.25, 0.3) is 5.91 Å². The topological polar surface area (TPSA) is 64.3 Å². The van der Waals surface area contributed by atoms with Gasteiger partial charge < -0.3 is 15.8 Å². The molecule has 1 aliphatic heterocycles. The smallest absolute Gasteiger partial charge is 0.262 e. The van der Waals surface area contributed by atoms with E-state index < -0.39 is 0 Å². The maximum absolute atomic E-state index is 11.2. The molecule has 1 aliphatic rings. The molecule has 4 nitrogen and oxygen atoms in total. The number of fused-ring (bicyclic) bond motifs is 1. The van der Waals surface area contributed by atoms with E-state index in [0.29, 0.717) is 5.92 Å². The minimum Gasteiger partial charge on any atom is -0.482 e. The first-order valence-corrected chi connectivity index (χ1v) is 6.35. The summed E-state index contributed by atoms with van der Waals surface area (Å²) in [7, 11) is 0. The lowest BCUT2D eigenvalue weighted by atomic mass is 9.97. The summed E-state index contributed by atoms with van der Waals surface area (Å²) in [5.74, 6) is 1.22. The SMILES string of the molecule is CC(C)CC(N)Cc1ccc2c(c1)NC(=O)CO2. The second-order valence-corrected chi connectivity index (χ2v) is 5.26. The predicted molar refractivity (Wildman–Crippen MR) is 71.7 cm³/mol. The van der Waals surface area contributed by atoms with E-state index in [-0.39, 0.29) is 18.6 Å². The Morgan fingerprint density at radius 1 is 1.44 bits per heavy atom. The number of hydrogen-bond donors (Lipinski definition) is 2. The number of anilines is 1. The van der Waals surface area contributed by atoms with E-state index >= 15 is 0 Å². The Kier molecular flexibility index (Phi) is 3.87. The molecule has 0 aromatic heterocycles. The van der Waals surface area contributed by atoms with Gasteiger partial charge in [-0.1, -0.05) is 19.9 Å². The molecule has 0 saturated carbocycles. The van der Waals surface area contributed by atoms with Crippen molar-refractivity contribution in [2.24, 2.45) is 11.7 Å². The van der Waals surface area contributed by atoms with Crippen molar-refractivity contribution in [3.8, 4) is 5.75 Å². The summed E-state index contributed by atoms with van der Waals surface area (Å²) in [6.07, 6.45) is 1.82.